The van der Waals surface area contributed by atoms with Crippen LogP contribution in [0.3, 0.4) is 0 Å². The smallest absolute Gasteiger partial charge is 0.236 e. The summed E-state index contributed by atoms with van der Waals surface area (Å²) >= 11 is 3.38. The quantitative estimate of drug-likeness (QED) is 0.458. The van der Waals surface area contributed by atoms with E-state index in [1.807, 2.05) is 48.5 Å². The van der Waals surface area contributed by atoms with Crippen LogP contribution < -0.4 is 0 Å². The third-order valence-corrected chi connectivity index (χ3v) is 2.98. The average Bonchev–Trinajstić information content (AvgIpc) is 2.46. The first kappa shape index (κ1) is 13.3. The number of carbonyl (C=O) groups is 1. The van der Waals surface area contributed by atoms with Gasteiger partial charge < -0.3 is 0 Å². The second-order valence-corrected chi connectivity index (χ2v) is 4.77. The molecule has 0 spiro atoms. The van der Waals surface area contributed by atoms with Crippen molar-refractivity contribution in [3.8, 4) is 11.8 Å². The van der Waals surface area contributed by atoms with Crippen molar-refractivity contribution in [2.24, 2.45) is 0 Å². The minimum absolute atomic E-state index is 0.166. The van der Waals surface area contributed by atoms with Gasteiger partial charge in [-0.05, 0) is 35.8 Å². The predicted octanol–water partition coefficient (Wildman–Crippen LogP) is 4.35. The zero-order valence-electron chi connectivity index (χ0n) is 10.1. The molecule has 0 amide bonds. The van der Waals surface area contributed by atoms with Crippen molar-refractivity contribution < 1.29 is 4.79 Å². The normalized spacial score (nSPS) is 9.95. The first-order chi connectivity index (χ1) is 9.25. The van der Waals surface area contributed by atoms with Crippen LogP contribution >= 0.6 is 15.9 Å². The summed E-state index contributed by atoms with van der Waals surface area (Å²) in [4.78, 5) is 11.7. The summed E-state index contributed by atoms with van der Waals surface area (Å²) in [5.74, 6) is 5.18. The minimum Gasteiger partial charge on any atom is -0.279 e. The molecule has 0 saturated carbocycles. The maximum Gasteiger partial charge on any atom is 0.236 e. The van der Waals surface area contributed by atoms with Gasteiger partial charge in [0.15, 0.2) is 0 Å². The van der Waals surface area contributed by atoms with E-state index in [9.17, 15) is 4.79 Å². The second kappa shape index (κ2) is 6.72. The number of hydrogen-bond donors (Lipinski definition) is 0. The van der Waals surface area contributed by atoms with Crippen molar-refractivity contribution in [1.29, 1.82) is 0 Å². The summed E-state index contributed by atoms with van der Waals surface area (Å²) < 4.78 is 1.04. The third-order valence-electron chi connectivity index (χ3n) is 2.45. The highest BCUT2D eigenvalue weighted by atomic mass is 79.9. The van der Waals surface area contributed by atoms with Gasteiger partial charge in [0, 0.05) is 10.0 Å². The van der Waals surface area contributed by atoms with Crippen molar-refractivity contribution >= 4 is 27.8 Å². The zero-order chi connectivity index (χ0) is 13.5. The first-order valence-electron chi connectivity index (χ1n) is 5.79. The van der Waals surface area contributed by atoms with Gasteiger partial charge in [0.25, 0.3) is 0 Å². The van der Waals surface area contributed by atoms with Crippen molar-refractivity contribution in [2.75, 3.05) is 0 Å². The molecule has 0 heterocycles. The minimum atomic E-state index is -0.166. The van der Waals surface area contributed by atoms with Crippen molar-refractivity contribution in [3.63, 3.8) is 0 Å². The Kier molecular flexibility index (Phi) is 4.72. The number of allylic oxidation sites excluding steroid dienone is 1. The molecule has 0 fully saturated rings. The van der Waals surface area contributed by atoms with Crippen LogP contribution in [0.4, 0.5) is 0 Å². The Balaban J connectivity index is 2.01. The summed E-state index contributed by atoms with van der Waals surface area (Å²) in [7, 11) is 0. The van der Waals surface area contributed by atoms with E-state index in [1.165, 1.54) is 0 Å². The SMILES string of the molecule is O=C(C#C/C=C/c1ccc(Br)cc1)c1ccccc1. The lowest BCUT2D eigenvalue weighted by Gasteiger charge is -1.91. The zero-order valence-corrected chi connectivity index (χ0v) is 11.7. The highest BCUT2D eigenvalue weighted by Crippen LogP contribution is 2.11. The van der Waals surface area contributed by atoms with Crippen LogP contribution in [0.1, 0.15) is 15.9 Å². The molecule has 0 aliphatic carbocycles. The Hall–Kier alpha value is -2.11. The number of benzene rings is 2. The summed E-state index contributed by atoms with van der Waals surface area (Å²) in [6.45, 7) is 0. The highest BCUT2D eigenvalue weighted by molar-refractivity contribution is 9.10. The molecule has 0 saturated heterocycles. The molecule has 0 radical (unpaired) electrons. The molecule has 0 aromatic heterocycles. The molecular weight excluding hydrogens is 300 g/mol. The van der Waals surface area contributed by atoms with Gasteiger partial charge in [-0.3, -0.25) is 4.79 Å². The van der Waals surface area contributed by atoms with Gasteiger partial charge in [0.05, 0.1) is 0 Å². The van der Waals surface area contributed by atoms with Crippen LogP contribution in [0.2, 0.25) is 0 Å². The van der Waals surface area contributed by atoms with E-state index in [2.05, 4.69) is 27.8 Å². The average molecular weight is 311 g/mol. The molecule has 92 valence electrons. The van der Waals surface area contributed by atoms with Crippen molar-refractivity contribution in [1.82, 2.24) is 0 Å². The van der Waals surface area contributed by atoms with Crippen LogP contribution in [0.15, 0.2) is 65.1 Å². The van der Waals surface area contributed by atoms with E-state index in [-0.39, 0.29) is 5.78 Å². The maximum absolute atomic E-state index is 11.7. The standard InChI is InChI=1S/C17H11BrO/c18-16-12-10-14(11-13-16)6-4-5-9-17(19)15-7-2-1-3-8-15/h1-4,6-8,10-13H/b6-4+. The lowest BCUT2D eigenvalue weighted by molar-refractivity contribution is 0.105. The van der Waals surface area contributed by atoms with E-state index in [0.29, 0.717) is 5.56 Å². The van der Waals surface area contributed by atoms with Crippen LogP contribution in [0, 0.1) is 11.8 Å². The fraction of sp³-hybridized carbons (Fsp3) is 0. The van der Waals surface area contributed by atoms with Gasteiger partial charge in [-0.15, -0.1) is 0 Å². The summed E-state index contributed by atoms with van der Waals surface area (Å²) in [6.07, 6.45) is 3.56. The summed E-state index contributed by atoms with van der Waals surface area (Å²) in [6, 6.07) is 16.9. The van der Waals surface area contributed by atoms with Gasteiger partial charge in [0.1, 0.15) is 0 Å². The van der Waals surface area contributed by atoms with Crippen molar-refractivity contribution in [2.45, 2.75) is 0 Å². The highest BCUT2D eigenvalue weighted by Gasteiger charge is 1.98. The van der Waals surface area contributed by atoms with E-state index >= 15 is 0 Å². The number of hydrogen-bond acceptors (Lipinski definition) is 1. The Labute approximate surface area is 121 Å². The first-order valence-corrected chi connectivity index (χ1v) is 6.58. The van der Waals surface area contributed by atoms with E-state index in [0.717, 1.165) is 10.0 Å². The van der Waals surface area contributed by atoms with Crippen molar-refractivity contribution in [3.05, 3.63) is 76.3 Å². The number of Topliss-reactive ketones (excluding diaryl/α,β-unsaturated/α-hetero) is 1. The molecule has 0 N–H and O–H groups in total. The Bertz CT molecular complexity index is 643. The van der Waals surface area contributed by atoms with Gasteiger partial charge in [-0.2, -0.15) is 0 Å². The van der Waals surface area contributed by atoms with Gasteiger partial charge in [-0.25, -0.2) is 0 Å². The third kappa shape index (κ3) is 4.24. The Morgan fingerprint density at radius 3 is 2.37 bits per heavy atom. The van der Waals surface area contributed by atoms with E-state index in [1.54, 1.807) is 18.2 Å². The molecule has 0 bridgehead atoms. The molecule has 2 rings (SSSR count). The van der Waals surface area contributed by atoms with E-state index in [4.69, 9.17) is 0 Å². The van der Waals surface area contributed by atoms with Crippen LogP contribution in [-0.4, -0.2) is 5.78 Å². The topological polar surface area (TPSA) is 17.1 Å². The largest absolute Gasteiger partial charge is 0.279 e. The molecule has 0 aliphatic heterocycles. The predicted molar refractivity (Wildman–Crippen MR) is 81.7 cm³/mol. The lowest BCUT2D eigenvalue weighted by atomic mass is 10.1. The molecule has 0 aliphatic rings. The fourth-order valence-electron chi connectivity index (χ4n) is 1.48. The summed E-state index contributed by atoms with van der Waals surface area (Å²) in [5, 5.41) is 0. The summed E-state index contributed by atoms with van der Waals surface area (Å²) in [5.41, 5.74) is 1.66. The maximum atomic E-state index is 11.7. The van der Waals surface area contributed by atoms with E-state index < -0.39 is 0 Å². The monoisotopic (exact) mass is 310 g/mol. The van der Waals surface area contributed by atoms with Gasteiger partial charge in [-0.1, -0.05) is 64.3 Å². The molecule has 1 nitrogen and oxygen atoms in total. The molecule has 2 aromatic rings. The molecule has 2 heteroatoms. The second-order valence-electron chi connectivity index (χ2n) is 3.85. The van der Waals surface area contributed by atoms with Gasteiger partial charge >= 0.3 is 0 Å². The Morgan fingerprint density at radius 1 is 1.00 bits per heavy atom. The molecule has 0 atom stereocenters. The molecular formula is C17H11BrO. The van der Waals surface area contributed by atoms with Crippen LogP contribution in [-0.2, 0) is 0 Å². The molecule has 19 heavy (non-hydrogen) atoms. The van der Waals surface area contributed by atoms with Gasteiger partial charge in [0.2, 0.25) is 5.78 Å². The number of carbonyl (C=O) groups excluding carboxylic acids is 1. The molecule has 2 aromatic carbocycles. The van der Waals surface area contributed by atoms with Crippen LogP contribution in [0.25, 0.3) is 6.08 Å². The number of rotatable bonds is 2. The number of ketones is 1. The fourth-order valence-corrected chi connectivity index (χ4v) is 1.75. The Morgan fingerprint density at radius 2 is 1.68 bits per heavy atom. The number of halogens is 1. The lowest BCUT2D eigenvalue weighted by Crippen LogP contribution is -1.92. The van der Waals surface area contributed by atoms with Crippen LogP contribution in [0.5, 0.6) is 0 Å². The molecule has 0 unspecified atom stereocenters.